The van der Waals surface area contributed by atoms with Gasteiger partial charge in [-0.3, -0.25) is 29.0 Å². The molecule has 2 unspecified atom stereocenters. The number of likely N-dealkylation sites (N-methyl/N-ethyl adjacent to an activating group) is 1. The van der Waals surface area contributed by atoms with Gasteiger partial charge in [-0.25, -0.2) is 9.59 Å². The van der Waals surface area contributed by atoms with Crippen LogP contribution in [-0.4, -0.2) is 120 Å². The second-order valence-corrected chi connectivity index (χ2v) is 15.0. The number of aromatic hydroxyl groups is 1. The van der Waals surface area contributed by atoms with E-state index in [2.05, 4.69) is 5.32 Å². The molecule has 314 valence electrons. The molecule has 3 aliphatic rings. The third-order valence-electron chi connectivity index (χ3n) is 10.9. The summed E-state index contributed by atoms with van der Waals surface area (Å²) in [5, 5.41) is 48.8. The number of fused-ring (bicyclic) bond motifs is 3. The van der Waals surface area contributed by atoms with E-state index in [1.165, 1.54) is 32.2 Å². The number of ketones is 2. The van der Waals surface area contributed by atoms with Gasteiger partial charge in [-0.05, 0) is 75.2 Å². The van der Waals surface area contributed by atoms with Crippen LogP contribution >= 0.6 is 0 Å². The summed E-state index contributed by atoms with van der Waals surface area (Å²) >= 11 is 0. The highest BCUT2D eigenvalue weighted by molar-refractivity contribution is 6.25. The lowest BCUT2D eigenvalue weighted by atomic mass is 9.58. The Morgan fingerprint density at radius 1 is 1.03 bits per heavy atom. The molecule has 6 rings (SSSR count). The van der Waals surface area contributed by atoms with Gasteiger partial charge in [0.05, 0.1) is 24.4 Å². The summed E-state index contributed by atoms with van der Waals surface area (Å²) in [5.74, 6) is -9.35. The van der Waals surface area contributed by atoms with Crippen LogP contribution in [0.5, 0.6) is 11.5 Å². The van der Waals surface area contributed by atoms with Gasteiger partial charge in [0.2, 0.25) is 11.7 Å². The number of carbonyl (C=O) groups is 5. The minimum Gasteiger partial charge on any atom is -0.510 e. The van der Waals surface area contributed by atoms with Crippen molar-refractivity contribution in [2.24, 2.45) is 17.6 Å². The molecular weight excluding hydrogens is 774 g/mol. The Morgan fingerprint density at radius 3 is 2.31 bits per heavy atom. The number of amides is 3. The van der Waals surface area contributed by atoms with Gasteiger partial charge < -0.3 is 54.7 Å². The van der Waals surface area contributed by atoms with Crippen molar-refractivity contribution in [2.45, 2.75) is 44.4 Å². The minimum absolute atomic E-state index is 0.0247. The second-order valence-electron chi connectivity index (χ2n) is 15.0. The number of nitrogens with one attached hydrogen (secondary N) is 1. The van der Waals surface area contributed by atoms with E-state index in [1.807, 2.05) is 0 Å². The molecule has 1 heterocycles. The van der Waals surface area contributed by atoms with Gasteiger partial charge in [-0.2, -0.15) is 0 Å². The summed E-state index contributed by atoms with van der Waals surface area (Å²) in [7, 11) is 7.91. The number of methoxy groups -OCH3 is 1. The standard InChI is InChI=1S/C40H45N5O14/c1-7-12-45(38(53)57-17-25-34(59-39(54)58-25)18-8-10-20(56-6)11-9-18)16-26(46)42-23-15-24(43(2)3)21-13-19-14-22-30(44(4)5)33(49)29(37(41)52)36(51)40(22,55)35(50)27(19)32(48)28(21)31(23)47/h8-11,15,19,22,30,47,49-50,55H,7,12-14,16-17H2,1-6H3,(H2,41,52)(H,42,46)/t19?,22?,30-,40-/m0/s1. The predicted molar refractivity (Wildman–Crippen MR) is 208 cm³/mol. The number of rotatable bonds is 12. The highest BCUT2D eigenvalue weighted by Crippen LogP contribution is 2.54. The molecule has 19 heteroatoms. The van der Waals surface area contributed by atoms with E-state index in [1.54, 1.807) is 50.2 Å². The first-order valence-electron chi connectivity index (χ1n) is 18.5. The lowest BCUT2D eigenvalue weighted by molar-refractivity contribution is -0.148. The van der Waals surface area contributed by atoms with Gasteiger partial charge >= 0.3 is 11.9 Å². The average molecular weight is 820 g/mol. The highest BCUT2D eigenvalue weighted by atomic mass is 16.6. The van der Waals surface area contributed by atoms with Gasteiger partial charge in [-0.1, -0.05) is 6.92 Å². The van der Waals surface area contributed by atoms with Gasteiger partial charge in [0.1, 0.15) is 29.4 Å². The molecule has 1 aromatic heterocycles. The zero-order chi connectivity index (χ0) is 43.2. The number of anilines is 2. The summed E-state index contributed by atoms with van der Waals surface area (Å²) in [6.07, 6.45) is -0.609. The topological polar surface area (TPSA) is 276 Å². The molecule has 0 saturated carbocycles. The summed E-state index contributed by atoms with van der Waals surface area (Å²) in [4.78, 5) is 83.3. The van der Waals surface area contributed by atoms with Crippen molar-refractivity contribution >= 4 is 40.8 Å². The Labute approximate surface area is 336 Å². The van der Waals surface area contributed by atoms with Crippen LogP contribution in [0.4, 0.5) is 16.2 Å². The molecule has 7 N–H and O–H groups in total. The van der Waals surface area contributed by atoms with Gasteiger partial charge in [0.15, 0.2) is 35.3 Å². The number of hydrogen-bond donors (Lipinski definition) is 6. The molecule has 0 bridgehead atoms. The zero-order valence-electron chi connectivity index (χ0n) is 33.2. The maximum atomic E-state index is 14.4. The number of aliphatic hydroxyl groups excluding tert-OH is 2. The molecule has 3 amide bonds. The van der Waals surface area contributed by atoms with E-state index in [-0.39, 0.29) is 47.7 Å². The third-order valence-corrected chi connectivity index (χ3v) is 10.9. The maximum Gasteiger partial charge on any atom is 0.519 e. The maximum absolute atomic E-state index is 14.4. The molecule has 59 heavy (non-hydrogen) atoms. The number of carbonyl (C=O) groups excluding carboxylic acids is 5. The van der Waals surface area contributed by atoms with E-state index in [0.29, 0.717) is 29.0 Å². The second kappa shape index (κ2) is 16.0. The predicted octanol–water partition coefficient (Wildman–Crippen LogP) is 2.40. The Morgan fingerprint density at radius 2 is 1.71 bits per heavy atom. The molecule has 0 radical (unpaired) electrons. The number of allylic oxidation sites excluding steroid dienone is 1. The molecule has 0 spiro atoms. The number of aliphatic hydroxyl groups is 3. The molecule has 0 fully saturated rings. The minimum atomic E-state index is -2.83. The van der Waals surface area contributed by atoms with Crippen molar-refractivity contribution in [3.63, 3.8) is 0 Å². The van der Waals surface area contributed by atoms with E-state index >= 15 is 0 Å². The van der Waals surface area contributed by atoms with E-state index in [0.717, 1.165) is 4.90 Å². The van der Waals surface area contributed by atoms with Crippen LogP contribution in [0, 0.1) is 11.8 Å². The average Bonchev–Trinajstić information content (AvgIpc) is 3.55. The fourth-order valence-electron chi connectivity index (χ4n) is 8.24. The van der Waals surface area contributed by atoms with Crippen molar-refractivity contribution in [2.75, 3.05) is 58.6 Å². The summed E-state index contributed by atoms with van der Waals surface area (Å²) in [6.45, 7) is 0.724. The normalized spacial score (nSPS) is 21.1. The smallest absolute Gasteiger partial charge is 0.510 e. The van der Waals surface area contributed by atoms with Crippen LogP contribution in [0.25, 0.3) is 11.3 Å². The Bertz CT molecular complexity index is 2360. The number of phenols is 1. The Balaban J connectivity index is 1.27. The van der Waals surface area contributed by atoms with E-state index in [9.17, 15) is 49.2 Å². The van der Waals surface area contributed by atoms with Crippen molar-refractivity contribution in [3.05, 3.63) is 80.5 Å². The SMILES string of the molecule is CCCN(CC(=O)Nc1cc(N(C)C)c2c(c1O)C(=O)C1=C(O)[C@]3(O)C(=O)C(C(N)=O)=C(O)[C@@H](N(C)C)C3CC1C2)C(=O)OCc1oc(=O)oc1-c1ccc(OC)cc1. The summed E-state index contributed by atoms with van der Waals surface area (Å²) in [6, 6.07) is 6.80. The van der Waals surface area contributed by atoms with Crippen LogP contribution in [0.2, 0.25) is 0 Å². The molecule has 3 aromatic rings. The van der Waals surface area contributed by atoms with Gasteiger partial charge in [-0.15, -0.1) is 0 Å². The van der Waals surface area contributed by atoms with Crippen molar-refractivity contribution in [1.29, 1.82) is 0 Å². The number of nitrogens with two attached hydrogens (primary N) is 1. The monoisotopic (exact) mass is 819 g/mol. The first-order chi connectivity index (χ1) is 27.8. The van der Waals surface area contributed by atoms with Gasteiger partial charge in [0, 0.05) is 43.4 Å². The van der Waals surface area contributed by atoms with E-state index in [4.69, 9.17) is 24.0 Å². The molecule has 0 saturated heterocycles. The molecular formula is C40H45N5O14. The molecule has 2 aromatic carbocycles. The van der Waals surface area contributed by atoms with Crippen LogP contribution < -0.4 is 26.5 Å². The Kier molecular flexibility index (Phi) is 11.4. The quantitative estimate of drug-likeness (QED) is 0.113. The lowest BCUT2D eigenvalue weighted by Crippen LogP contribution is -2.63. The third kappa shape index (κ3) is 7.26. The number of hydrogen-bond acceptors (Lipinski definition) is 16. The van der Waals surface area contributed by atoms with Crippen molar-refractivity contribution in [1.82, 2.24) is 9.80 Å². The van der Waals surface area contributed by atoms with Crippen molar-refractivity contribution < 1.29 is 62.7 Å². The van der Waals surface area contributed by atoms with Crippen LogP contribution in [0.1, 0.15) is 41.4 Å². The molecule has 4 atom stereocenters. The van der Waals surface area contributed by atoms with Crippen LogP contribution in [0.15, 0.2) is 66.6 Å². The van der Waals surface area contributed by atoms with Gasteiger partial charge in [0.25, 0.3) is 5.91 Å². The number of nitrogens with zero attached hydrogens (tertiary/aromatic N) is 3. The largest absolute Gasteiger partial charge is 0.519 e. The summed E-state index contributed by atoms with van der Waals surface area (Å²) in [5.41, 5.74) is 1.97. The number of ether oxygens (including phenoxy) is 2. The number of Topliss-reactive ketones (excluding diaryl/α,β-unsaturated/α-hetero) is 2. The van der Waals surface area contributed by atoms with Crippen LogP contribution in [0.3, 0.4) is 0 Å². The number of phenolic OH excluding ortho intramolecular Hbond substituents is 1. The first kappa shape index (κ1) is 42.0. The fraction of sp³-hybridized carbons (Fsp3) is 0.400. The molecule has 0 aliphatic heterocycles. The molecule has 19 nitrogen and oxygen atoms in total. The number of benzene rings is 2. The highest BCUT2D eigenvalue weighted by Gasteiger charge is 2.63. The van der Waals surface area contributed by atoms with Crippen LogP contribution in [-0.2, 0) is 32.1 Å². The van der Waals surface area contributed by atoms with E-state index < -0.39 is 94.8 Å². The lowest BCUT2D eigenvalue weighted by Gasteiger charge is -2.50. The fourth-order valence-corrected chi connectivity index (χ4v) is 8.24. The Hall–Kier alpha value is -6.60. The summed E-state index contributed by atoms with van der Waals surface area (Å²) < 4.78 is 20.8. The zero-order valence-corrected chi connectivity index (χ0v) is 33.2. The first-order valence-corrected chi connectivity index (χ1v) is 18.5. The number of primary amides is 1. The van der Waals surface area contributed by atoms with Crippen molar-refractivity contribution in [3.8, 4) is 22.8 Å². The molecule has 3 aliphatic carbocycles.